The molecule has 0 aromatic heterocycles. The number of aliphatic imine (C=N–C) groups is 1. The van der Waals surface area contributed by atoms with E-state index in [0.29, 0.717) is 19.4 Å². The molecule has 0 radical (unpaired) electrons. The molecule has 0 bridgehead atoms. The lowest BCUT2D eigenvalue weighted by molar-refractivity contribution is -0.119. The van der Waals surface area contributed by atoms with Crippen LogP contribution in [0.4, 0.5) is 0 Å². The van der Waals surface area contributed by atoms with E-state index in [9.17, 15) is 14.4 Å². The van der Waals surface area contributed by atoms with Crippen molar-refractivity contribution >= 4 is 18.1 Å². The highest BCUT2D eigenvalue weighted by atomic mass is 16.2. The Morgan fingerprint density at radius 1 is 1.43 bits per heavy atom. The minimum Gasteiger partial charge on any atom is -0.330 e. The summed E-state index contributed by atoms with van der Waals surface area (Å²) in [5.74, 6) is -0.729. The molecule has 0 spiro atoms. The number of nitrogens with zero attached hydrogens (tertiary/aromatic N) is 2. The molecule has 7 heteroatoms. The number of amides is 1. The van der Waals surface area contributed by atoms with Crippen molar-refractivity contribution in [2.24, 2.45) is 15.8 Å². The van der Waals surface area contributed by atoms with Crippen molar-refractivity contribution in [1.29, 1.82) is 0 Å². The zero-order chi connectivity index (χ0) is 10.8. The molecule has 1 amide bonds. The van der Waals surface area contributed by atoms with Crippen molar-refractivity contribution in [3.05, 3.63) is 0 Å². The number of hydrazone groups is 1. The first-order chi connectivity index (χ1) is 6.76. The molecule has 14 heavy (non-hydrogen) atoms. The molecular weight excluding hydrogens is 188 g/mol. The molecule has 0 aromatic rings. The Morgan fingerprint density at radius 2 is 2.14 bits per heavy atom. The first-order valence-corrected chi connectivity index (χ1v) is 3.90. The highest BCUT2D eigenvalue weighted by Crippen LogP contribution is 1.98. The summed E-state index contributed by atoms with van der Waals surface area (Å²) in [5.41, 5.74) is 7.44. The normalized spacial score (nSPS) is 10.6. The second-order valence-electron chi connectivity index (χ2n) is 2.36. The number of carbonyl (C=O) groups is 1. The van der Waals surface area contributed by atoms with Crippen LogP contribution >= 0.6 is 0 Å². The average Bonchev–Trinajstić information content (AvgIpc) is 2.18. The lowest BCUT2D eigenvalue weighted by Crippen LogP contribution is -2.32. The lowest BCUT2D eigenvalue weighted by atomic mass is 10.1. The SMILES string of the molecule is NCCC[C@H](NN=C=O)C(=O)N=C=O. The van der Waals surface area contributed by atoms with E-state index >= 15 is 0 Å². The van der Waals surface area contributed by atoms with Crippen LogP contribution in [0.15, 0.2) is 10.1 Å². The summed E-state index contributed by atoms with van der Waals surface area (Å²) < 4.78 is 0. The third-order valence-electron chi connectivity index (χ3n) is 1.42. The van der Waals surface area contributed by atoms with Gasteiger partial charge in [0.15, 0.2) is 0 Å². The van der Waals surface area contributed by atoms with E-state index in [4.69, 9.17) is 5.73 Å². The molecule has 7 nitrogen and oxygen atoms in total. The van der Waals surface area contributed by atoms with Gasteiger partial charge in [0.05, 0.1) is 0 Å². The summed E-state index contributed by atoms with van der Waals surface area (Å²) in [5, 5.41) is 3.02. The van der Waals surface area contributed by atoms with Gasteiger partial charge < -0.3 is 5.73 Å². The molecule has 0 saturated carbocycles. The van der Waals surface area contributed by atoms with E-state index in [1.165, 1.54) is 6.08 Å². The van der Waals surface area contributed by atoms with E-state index in [-0.39, 0.29) is 0 Å². The van der Waals surface area contributed by atoms with E-state index < -0.39 is 11.9 Å². The van der Waals surface area contributed by atoms with Gasteiger partial charge >= 0.3 is 0 Å². The third-order valence-corrected chi connectivity index (χ3v) is 1.42. The van der Waals surface area contributed by atoms with Crippen LogP contribution < -0.4 is 11.2 Å². The molecule has 0 heterocycles. The van der Waals surface area contributed by atoms with Crippen LogP contribution in [-0.4, -0.2) is 30.7 Å². The molecule has 0 aromatic carbocycles. The van der Waals surface area contributed by atoms with Gasteiger partial charge in [0.25, 0.3) is 12.0 Å². The molecule has 0 unspecified atom stereocenters. The van der Waals surface area contributed by atoms with Gasteiger partial charge in [-0.15, -0.1) is 4.99 Å². The van der Waals surface area contributed by atoms with Crippen LogP contribution in [0, 0.1) is 0 Å². The fourth-order valence-electron chi connectivity index (χ4n) is 0.792. The maximum absolute atomic E-state index is 11.0. The highest BCUT2D eigenvalue weighted by molar-refractivity contribution is 5.86. The van der Waals surface area contributed by atoms with Crippen LogP contribution in [0.25, 0.3) is 0 Å². The van der Waals surface area contributed by atoms with Gasteiger partial charge in [0.2, 0.25) is 6.08 Å². The molecule has 0 aliphatic rings. The zero-order valence-electron chi connectivity index (χ0n) is 7.40. The average molecular weight is 198 g/mol. The second-order valence-corrected chi connectivity index (χ2v) is 2.36. The van der Waals surface area contributed by atoms with Gasteiger partial charge in [-0.3, -0.25) is 10.2 Å². The van der Waals surface area contributed by atoms with Crippen LogP contribution in [0.5, 0.6) is 0 Å². The van der Waals surface area contributed by atoms with Gasteiger partial charge in [-0.1, -0.05) is 5.10 Å². The van der Waals surface area contributed by atoms with Gasteiger partial charge in [-0.25, -0.2) is 9.59 Å². The van der Waals surface area contributed by atoms with Gasteiger partial charge in [0, 0.05) is 0 Å². The predicted octanol–water partition coefficient (Wildman–Crippen LogP) is -1.20. The Labute approximate surface area is 80.1 Å². The van der Waals surface area contributed by atoms with Crippen molar-refractivity contribution < 1.29 is 14.4 Å². The van der Waals surface area contributed by atoms with E-state index in [0.717, 1.165) is 6.08 Å². The standard InChI is InChI=1S/C7H10N4O3/c8-3-1-2-6(11-10-5-13)7(14)9-4-12/h6,11H,1-3,8H2/t6-/m0/s1. The number of hydrogen-bond acceptors (Lipinski definition) is 6. The second kappa shape index (κ2) is 7.82. The maximum atomic E-state index is 11.0. The van der Waals surface area contributed by atoms with Gasteiger partial charge in [0.1, 0.15) is 6.04 Å². The fraction of sp³-hybridized carbons (Fsp3) is 0.571. The van der Waals surface area contributed by atoms with Crippen LogP contribution in [0.3, 0.4) is 0 Å². The predicted molar refractivity (Wildman–Crippen MR) is 46.5 cm³/mol. The molecule has 0 saturated heterocycles. The Bertz CT molecular complexity index is 279. The summed E-state index contributed by atoms with van der Waals surface area (Å²) in [4.78, 5) is 33.5. The number of carbonyl (C=O) groups excluding carboxylic acids is 3. The lowest BCUT2D eigenvalue weighted by Gasteiger charge is -2.09. The van der Waals surface area contributed by atoms with Crippen molar-refractivity contribution in [3.63, 3.8) is 0 Å². The van der Waals surface area contributed by atoms with E-state index in [1.54, 1.807) is 0 Å². The number of isocyanates is 2. The Hall–Kier alpha value is -1.81. The van der Waals surface area contributed by atoms with Crippen molar-refractivity contribution in [1.82, 2.24) is 5.43 Å². The molecule has 0 rings (SSSR count). The van der Waals surface area contributed by atoms with Crippen LogP contribution in [0.1, 0.15) is 12.8 Å². The molecule has 3 N–H and O–H groups in total. The summed E-state index contributed by atoms with van der Waals surface area (Å²) in [7, 11) is 0. The molecular formula is C7H10N4O3. The Morgan fingerprint density at radius 3 is 2.64 bits per heavy atom. The van der Waals surface area contributed by atoms with Crippen LogP contribution in [0.2, 0.25) is 0 Å². The quantitative estimate of drug-likeness (QED) is 0.316. The first kappa shape index (κ1) is 12.2. The maximum Gasteiger partial charge on any atom is 0.280 e. The molecule has 0 aliphatic carbocycles. The number of hydrogen-bond donors (Lipinski definition) is 2. The summed E-state index contributed by atoms with van der Waals surface area (Å²) in [6, 6.07) is -0.818. The molecule has 0 fully saturated rings. The third kappa shape index (κ3) is 4.95. The Kier molecular flexibility index (Phi) is 6.81. The van der Waals surface area contributed by atoms with E-state index in [2.05, 4.69) is 15.5 Å². The van der Waals surface area contributed by atoms with Crippen LogP contribution in [-0.2, 0) is 14.4 Å². The van der Waals surface area contributed by atoms with Gasteiger partial charge in [-0.05, 0) is 19.4 Å². The zero-order valence-corrected chi connectivity index (χ0v) is 7.40. The fourth-order valence-corrected chi connectivity index (χ4v) is 0.792. The van der Waals surface area contributed by atoms with Gasteiger partial charge in [-0.2, -0.15) is 0 Å². The van der Waals surface area contributed by atoms with Crippen molar-refractivity contribution in [2.45, 2.75) is 18.9 Å². The topological polar surface area (TPSA) is 114 Å². The summed E-state index contributed by atoms with van der Waals surface area (Å²) in [6.45, 7) is 0.390. The molecule has 1 atom stereocenters. The number of rotatable bonds is 6. The first-order valence-electron chi connectivity index (χ1n) is 3.90. The minimum atomic E-state index is -0.818. The van der Waals surface area contributed by atoms with Crippen molar-refractivity contribution in [2.75, 3.05) is 6.54 Å². The molecule has 76 valence electrons. The largest absolute Gasteiger partial charge is 0.330 e. The smallest absolute Gasteiger partial charge is 0.280 e. The number of nitrogens with one attached hydrogen (secondary N) is 1. The van der Waals surface area contributed by atoms with Crippen molar-refractivity contribution in [3.8, 4) is 0 Å². The minimum absolute atomic E-state index is 0.339. The Balaban J connectivity index is 4.28. The number of nitrogens with two attached hydrogens (primary N) is 1. The summed E-state index contributed by atoms with van der Waals surface area (Å²) >= 11 is 0. The monoisotopic (exact) mass is 198 g/mol. The van der Waals surface area contributed by atoms with E-state index in [1.807, 2.05) is 0 Å². The highest BCUT2D eigenvalue weighted by Gasteiger charge is 2.16. The molecule has 0 aliphatic heterocycles. The summed E-state index contributed by atoms with van der Waals surface area (Å²) in [6.07, 6.45) is 3.21.